The van der Waals surface area contributed by atoms with E-state index in [4.69, 9.17) is 0 Å². The minimum Gasteiger partial charge on any atom is -0.356 e. The second kappa shape index (κ2) is 10.3. The molecule has 0 fully saturated rings. The number of nitrogens with zero attached hydrogens (tertiary/aromatic N) is 6. The van der Waals surface area contributed by atoms with Gasteiger partial charge in [-0.25, -0.2) is 4.98 Å². The fourth-order valence-corrected chi connectivity index (χ4v) is 3.17. The highest BCUT2D eigenvalue weighted by molar-refractivity contribution is 14.0. The number of carbonyl (C=O) groups excluding carboxylic acids is 2. The van der Waals surface area contributed by atoms with Crippen LogP contribution in [-0.4, -0.2) is 69.5 Å². The van der Waals surface area contributed by atoms with Gasteiger partial charge in [0.15, 0.2) is 5.96 Å². The van der Waals surface area contributed by atoms with Gasteiger partial charge < -0.3 is 10.2 Å². The summed E-state index contributed by atoms with van der Waals surface area (Å²) < 4.78 is 1.73. The molecule has 29 heavy (non-hydrogen) atoms. The molecule has 0 bridgehead atoms. The van der Waals surface area contributed by atoms with E-state index in [1.54, 1.807) is 36.0 Å². The number of hydrogen-bond acceptors (Lipinski definition) is 5. The fourth-order valence-electron chi connectivity index (χ4n) is 3.17. The zero-order valence-corrected chi connectivity index (χ0v) is 19.2. The number of hydrogen-bond donors (Lipinski definition) is 1. The van der Waals surface area contributed by atoms with Crippen LogP contribution in [0.2, 0.25) is 0 Å². The number of imide groups is 1. The van der Waals surface area contributed by atoms with E-state index in [0.29, 0.717) is 30.8 Å². The molecule has 0 aliphatic carbocycles. The van der Waals surface area contributed by atoms with Gasteiger partial charge in [0.25, 0.3) is 11.8 Å². The number of aliphatic imine (C=N–C) groups is 1. The Hall–Kier alpha value is -2.50. The second-order valence-electron chi connectivity index (χ2n) is 6.64. The first-order valence-electron chi connectivity index (χ1n) is 9.22. The first kappa shape index (κ1) is 22.8. The van der Waals surface area contributed by atoms with E-state index >= 15 is 0 Å². The van der Waals surface area contributed by atoms with Gasteiger partial charge in [-0.05, 0) is 25.0 Å². The number of rotatable bonds is 7. The van der Waals surface area contributed by atoms with Crippen LogP contribution >= 0.6 is 24.0 Å². The maximum absolute atomic E-state index is 12.3. The normalized spacial score (nSPS) is 13.3. The largest absolute Gasteiger partial charge is 0.356 e. The van der Waals surface area contributed by atoms with Crippen LogP contribution < -0.4 is 5.32 Å². The Morgan fingerprint density at radius 1 is 1.17 bits per heavy atom. The molecule has 0 unspecified atom stereocenters. The predicted octanol–water partition coefficient (Wildman–Crippen LogP) is 1.52. The standard InChI is InChI=1S/C19H25N7O2.HI/c1-20-19(24(2)12-16-22-13-23-25(16)3)21-10-6-7-11-26-17(27)14-8-4-5-9-15(14)18(26)28;/h4-5,8-9,13H,6-7,10-12H2,1-3H3,(H,20,21);1H. The van der Waals surface area contributed by atoms with Crippen molar-refractivity contribution in [3.05, 3.63) is 47.5 Å². The van der Waals surface area contributed by atoms with Gasteiger partial charge in [0.1, 0.15) is 12.2 Å². The maximum atomic E-state index is 12.3. The molecule has 2 amide bonds. The molecule has 0 saturated heterocycles. The lowest BCUT2D eigenvalue weighted by atomic mass is 10.1. The molecule has 0 atom stereocenters. The van der Waals surface area contributed by atoms with Crippen molar-refractivity contribution in [2.24, 2.45) is 12.0 Å². The van der Waals surface area contributed by atoms with Crippen LogP contribution in [0.1, 0.15) is 39.4 Å². The number of aromatic nitrogens is 3. The minimum atomic E-state index is -0.201. The predicted molar refractivity (Wildman–Crippen MR) is 120 cm³/mol. The van der Waals surface area contributed by atoms with Crippen molar-refractivity contribution in [3.8, 4) is 0 Å². The molecule has 2 heterocycles. The van der Waals surface area contributed by atoms with Crippen LogP contribution in [0.25, 0.3) is 0 Å². The quantitative estimate of drug-likeness (QED) is 0.199. The molecule has 0 saturated carbocycles. The third-order valence-electron chi connectivity index (χ3n) is 4.73. The van der Waals surface area contributed by atoms with Crippen LogP contribution in [0.5, 0.6) is 0 Å². The number of aryl methyl sites for hydroxylation is 1. The summed E-state index contributed by atoms with van der Waals surface area (Å²) in [5.41, 5.74) is 0.993. The van der Waals surface area contributed by atoms with E-state index in [9.17, 15) is 9.59 Å². The number of amides is 2. The maximum Gasteiger partial charge on any atom is 0.261 e. The molecule has 1 N–H and O–H groups in total. The molecule has 3 rings (SSSR count). The summed E-state index contributed by atoms with van der Waals surface area (Å²) in [4.78, 5) is 36.5. The van der Waals surface area contributed by atoms with Gasteiger partial charge in [-0.1, -0.05) is 12.1 Å². The van der Waals surface area contributed by atoms with Gasteiger partial charge in [-0.15, -0.1) is 24.0 Å². The monoisotopic (exact) mass is 511 g/mol. The zero-order chi connectivity index (χ0) is 20.1. The van der Waals surface area contributed by atoms with Crippen molar-refractivity contribution in [3.63, 3.8) is 0 Å². The van der Waals surface area contributed by atoms with E-state index in [1.807, 2.05) is 19.0 Å². The smallest absolute Gasteiger partial charge is 0.261 e. The Morgan fingerprint density at radius 2 is 1.83 bits per heavy atom. The lowest BCUT2D eigenvalue weighted by molar-refractivity contribution is 0.0652. The van der Waals surface area contributed by atoms with Gasteiger partial charge in [0, 0.05) is 34.2 Å². The van der Waals surface area contributed by atoms with Gasteiger partial charge in [0.05, 0.1) is 17.7 Å². The van der Waals surface area contributed by atoms with Gasteiger partial charge in [-0.3, -0.25) is 24.2 Å². The highest BCUT2D eigenvalue weighted by Gasteiger charge is 2.34. The number of nitrogens with one attached hydrogen (secondary N) is 1. The topological polar surface area (TPSA) is 95.7 Å². The Bertz CT molecular complexity index is 861. The summed E-state index contributed by atoms with van der Waals surface area (Å²) >= 11 is 0. The number of unbranched alkanes of at least 4 members (excludes halogenated alkanes) is 1. The molecule has 0 radical (unpaired) electrons. The van der Waals surface area contributed by atoms with Crippen molar-refractivity contribution < 1.29 is 9.59 Å². The third kappa shape index (κ3) is 5.11. The fraction of sp³-hybridized carbons (Fsp3) is 0.421. The average Bonchev–Trinajstić information content (AvgIpc) is 3.20. The molecule has 0 spiro atoms. The number of fused-ring (bicyclic) bond motifs is 1. The Morgan fingerprint density at radius 3 is 2.38 bits per heavy atom. The van der Waals surface area contributed by atoms with Crippen LogP contribution in [-0.2, 0) is 13.6 Å². The number of carbonyl (C=O) groups is 2. The van der Waals surface area contributed by atoms with Gasteiger partial charge in [-0.2, -0.15) is 5.10 Å². The van der Waals surface area contributed by atoms with E-state index in [-0.39, 0.29) is 35.8 Å². The van der Waals surface area contributed by atoms with Gasteiger partial charge >= 0.3 is 0 Å². The van der Waals surface area contributed by atoms with Crippen LogP contribution in [0.3, 0.4) is 0 Å². The molecule has 1 aromatic heterocycles. The van der Waals surface area contributed by atoms with Crippen molar-refractivity contribution in [2.45, 2.75) is 19.4 Å². The third-order valence-corrected chi connectivity index (χ3v) is 4.73. The van der Waals surface area contributed by atoms with Crippen LogP contribution in [0.4, 0.5) is 0 Å². The van der Waals surface area contributed by atoms with Gasteiger partial charge in [0.2, 0.25) is 0 Å². The summed E-state index contributed by atoms with van der Waals surface area (Å²) in [6.07, 6.45) is 3.06. The minimum absolute atomic E-state index is 0. The Labute approximate surface area is 187 Å². The highest BCUT2D eigenvalue weighted by atomic mass is 127. The Balaban J connectivity index is 0.00000300. The van der Waals surface area contributed by atoms with Crippen LogP contribution in [0, 0.1) is 0 Å². The van der Waals surface area contributed by atoms with Crippen LogP contribution in [0.15, 0.2) is 35.6 Å². The molecule has 9 nitrogen and oxygen atoms in total. The molecule has 1 aromatic carbocycles. The summed E-state index contributed by atoms with van der Waals surface area (Å²) in [5, 5.41) is 7.36. The summed E-state index contributed by atoms with van der Waals surface area (Å²) in [7, 11) is 5.52. The highest BCUT2D eigenvalue weighted by Crippen LogP contribution is 2.22. The molecule has 1 aliphatic heterocycles. The summed E-state index contributed by atoms with van der Waals surface area (Å²) in [6, 6.07) is 6.96. The number of halogens is 1. The zero-order valence-electron chi connectivity index (χ0n) is 16.8. The van der Waals surface area contributed by atoms with E-state index in [1.165, 1.54) is 11.2 Å². The summed E-state index contributed by atoms with van der Waals surface area (Å²) in [6.45, 7) is 1.70. The summed E-state index contributed by atoms with van der Waals surface area (Å²) in [5.74, 6) is 1.19. The van der Waals surface area contributed by atoms with Crippen molar-refractivity contribution >= 4 is 41.8 Å². The molecule has 1 aliphatic rings. The molecule has 2 aromatic rings. The van der Waals surface area contributed by atoms with E-state index in [0.717, 1.165) is 24.6 Å². The van der Waals surface area contributed by atoms with Crippen molar-refractivity contribution in [2.75, 3.05) is 27.2 Å². The first-order valence-corrected chi connectivity index (χ1v) is 9.22. The molecular formula is C19H26IN7O2. The SMILES string of the molecule is CN=C(NCCCCN1C(=O)c2ccccc2C1=O)N(C)Cc1ncnn1C.I. The molecule has 156 valence electrons. The Kier molecular flexibility index (Phi) is 8.11. The molecule has 10 heteroatoms. The van der Waals surface area contributed by atoms with Crippen molar-refractivity contribution in [1.29, 1.82) is 0 Å². The van der Waals surface area contributed by atoms with E-state index in [2.05, 4.69) is 20.4 Å². The van der Waals surface area contributed by atoms with Crippen molar-refractivity contribution in [1.82, 2.24) is 29.9 Å². The molecular weight excluding hydrogens is 485 g/mol. The lowest BCUT2D eigenvalue weighted by Gasteiger charge is -2.21. The number of guanidine groups is 1. The van der Waals surface area contributed by atoms with E-state index < -0.39 is 0 Å². The first-order chi connectivity index (χ1) is 13.5. The lowest BCUT2D eigenvalue weighted by Crippen LogP contribution is -2.39. The second-order valence-corrected chi connectivity index (χ2v) is 6.64. The average molecular weight is 511 g/mol. The number of benzene rings is 1.